The Morgan fingerprint density at radius 1 is 1.75 bits per heavy atom. The van der Waals surface area contributed by atoms with Gasteiger partial charge in [-0.2, -0.15) is 0 Å². The summed E-state index contributed by atoms with van der Waals surface area (Å²) in [6, 6.07) is 3.44. The van der Waals surface area contributed by atoms with E-state index in [1.54, 1.807) is 18.3 Å². The van der Waals surface area contributed by atoms with Crippen LogP contribution in [0.3, 0.4) is 0 Å². The third-order valence-corrected chi connectivity index (χ3v) is 1.39. The number of aliphatic hydroxyl groups excluding tert-OH is 1. The smallest absolute Gasteiger partial charge is 0.0861 e. The fourth-order valence-corrected chi connectivity index (χ4v) is 0.792. The summed E-state index contributed by atoms with van der Waals surface area (Å²) in [6.07, 6.45) is 2.40. The monoisotopic (exact) mass is 164 g/mol. The topological polar surface area (TPSA) is 81.9 Å². The van der Waals surface area contributed by atoms with Gasteiger partial charge in [0.25, 0.3) is 0 Å². The van der Waals surface area contributed by atoms with Gasteiger partial charge in [0.15, 0.2) is 0 Å². The Kier molecular flexibility index (Phi) is 3.07. The van der Waals surface area contributed by atoms with Crippen molar-refractivity contribution in [3.8, 4) is 0 Å². The molecule has 0 saturated carbocycles. The van der Waals surface area contributed by atoms with Crippen molar-refractivity contribution in [2.45, 2.75) is 6.10 Å². The number of hydrogen-bond acceptors (Lipinski definition) is 3. The van der Waals surface area contributed by atoms with Crippen molar-refractivity contribution in [2.24, 2.45) is 5.11 Å². The number of nitrogens with zero attached hydrogens (tertiary/aromatic N) is 4. The van der Waals surface area contributed by atoms with Crippen molar-refractivity contribution in [3.05, 3.63) is 40.5 Å². The van der Waals surface area contributed by atoms with Crippen LogP contribution in [0.25, 0.3) is 10.4 Å². The molecule has 5 nitrogen and oxygen atoms in total. The Hall–Kier alpha value is -1.58. The molecular weight excluding hydrogens is 156 g/mol. The Morgan fingerprint density at radius 3 is 3.17 bits per heavy atom. The largest absolute Gasteiger partial charge is 0.388 e. The quantitative estimate of drug-likeness (QED) is 0.416. The Morgan fingerprint density at radius 2 is 2.58 bits per heavy atom. The number of hydrogen-bond donors (Lipinski definition) is 1. The van der Waals surface area contributed by atoms with Gasteiger partial charge >= 0.3 is 0 Å². The van der Waals surface area contributed by atoms with E-state index in [0.717, 1.165) is 0 Å². The van der Waals surface area contributed by atoms with Crippen LogP contribution in [0.5, 0.6) is 0 Å². The summed E-state index contributed by atoms with van der Waals surface area (Å²) in [5.74, 6) is 0. The molecule has 0 bridgehead atoms. The first-order valence-electron chi connectivity index (χ1n) is 3.43. The minimum atomic E-state index is -0.755. The zero-order chi connectivity index (χ0) is 8.81. The van der Waals surface area contributed by atoms with Gasteiger partial charge in [0.1, 0.15) is 0 Å². The second-order valence-corrected chi connectivity index (χ2v) is 2.22. The van der Waals surface area contributed by atoms with Crippen LogP contribution in [0.4, 0.5) is 0 Å². The maximum atomic E-state index is 9.35. The molecule has 0 aromatic carbocycles. The second kappa shape index (κ2) is 4.33. The molecule has 1 atom stereocenters. The van der Waals surface area contributed by atoms with E-state index in [1.807, 2.05) is 0 Å². The summed E-state index contributed by atoms with van der Waals surface area (Å²) in [5, 5.41) is 12.6. The lowest BCUT2D eigenvalue weighted by molar-refractivity contribution is 0.186. The van der Waals surface area contributed by atoms with Gasteiger partial charge in [-0.15, -0.1) is 0 Å². The Labute approximate surface area is 69.3 Å². The average Bonchev–Trinajstić information content (AvgIpc) is 2.15. The molecule has 1 N–H and O–H groups in total. The van der Waals surface area contributed by atoms with E-state index in [4.69, 9.17) is 5.53 Å². The lowest BCUT2D eigenvalue weighted by Crippen LogP contribution is -2.00. The van der Waals surface area contributed by atoms with E-state index >= 15 is 0 Å². The molecule has 0 fully saturated rings. The van der Waals surface area contributed by atoms with E-state index in [1.165, 1.54) is 6.20 Å². The van der Waals surface area contributed by atoms with Gasteiger partial charge in [-0.25, -0.2) is 0 Å². The summed E-state index contributed by atoms with van der Waals surface area (Å²) in [7, 11) is 0. The highest BCUT2D eigenvalue weighted by molar-refractivity contribution is 5.11. The van der Waals surface area contributed by atoms with Gasteiger partial charge in [-0.3, -0.25) is 4.98 Å². The van der Waals surface area contributed by atoms with Gasteiger partial charge in [-0.05, 0) is 17.2 Å². The standard InChI is InChI=1S/C7H8N4O/c8-11-10-5-7(12)6-2-1-3-9-4-6/h1-4,7,12H,5H2. The van der Waals surface area contributed by atoms with E-state index in [-0.39, 0.29) is 6.54 Å². The lowest BCUT2D eigenvalue weighted by atomic mass is 10.2. The molecule has 0 aliphatic rings. The minimum Gasteiger partial charge on any atom is -0.388 e. The van der Waals surface area contributed by atoms with Crippen LogP contribution in [0, 0.1) is 0 Å². The molecule has 0 amide bonds. The predicted octanol–water partition coefficient (Wildman–Crippen LogP) is 1.43. The molecule has 0 radical (unpaired) electrons. The lowest BCUT2D eigenvalue weighted by Gasteiger charge is -2.04. The van der Waals surface area contributed by atoms with E-state index in [9.17, 15) is 5.11 Å². The molecular formula is C7H8N4O. The minimum absolute atomic E-state index is 0.0438. The van der Waals surface area contributed by atoms with Crippen LogP contribution in [-0.4, -0.2) is 16.6 Å². The molecule has 0 saturated heterocycles. The highest BCUT2D eigenvalue weighted by atomic mass is 16.3. The predicted molar refractivity (Wildman–Crippen MR) is 43.2 cm³/mol. The molecule has 62 valence electrons. The van der Waals surface area contributed by atoms with Crippen LogP contribution in [0.2, 0.25) is 0 Å². The van der Waals surface area contributed by atoms with E-state index in [0.29, 0.717) is 5.56 Å². The van der Waals surface area contributed by atoms with Crippen molar-refractivity contribution >= 4 is 0 Å². The van der Waals surface area contributed by atoms with Crippen molar-refractivity contribution in [1.82, 2.24) is 4.98 Å². The summed E-state index contributed by atoms with van der Waals surface area (Å²) in [5.41, 5.74) is 8.65. The average molecular weight is 164 g/mol. The van der Waals surface area contributed by atoms with E-state index < -0.39 is 6.10 Å². The molecule has 0 aliphatic carbocycles. The highest BCUT2D eigenvalue weighted by Gasteiger charge is 2.04. The fraction of sp³-hybridized carbons (Fsp3) is 0.286. The number of pyridine rings is 1. The number of aliphatic hydroxyl groups is 1. The first kappa shape index (κ1) is 8.52. The summed E-state index contributed by atoms with van der Waals surface area (Å²) < 4.78 is 0. The normalized spacial score (nSPS) is 11.8. The number of aromatic nitrogens is 1. The molecule has 0 aliphatic heterocycles. The Bertz CT molecular complexity index is 281. The van der Waals surface area contributed by atoms with Crippen LogP contribution < -0.4 is 0 Å². The molecule has 1 heterocycles. The van der Waals surface area contributed by atoms with Crippen molar-refractivity contribution < 1.29 is 5.11 Å². The SMILES string of the molecule is [N-]=[N+]=NCC(O)c1cccnc1. The van der Waals surface area contributed by atoms with Gasteiger partial charge in [0.2, 0.25) is 0 Å². The molecule has 0 spiro atoms. The van der Waals surface area contributed by atoms with Crippen molar-refractivity contribution in [1.29, 1.82) is 0 Å². The van der Waals surface area contributed by atoms with Crippen LogP contribution in [0.1, 0.15) is 11.7 Å². The number of rotatable bonds is 3. The highest BCUT2D eigenvalue weighted by Crippen LogP contribution is 2.10. The van der Waals surface area contributed by atoms with Crippen LogP contribution in [-0.2, 0) is 0 Å². The van der Waals surface area contributed by atoms with Gasteiger partial charge < -0.3 is 5.11 Å². The molecule has 5 heteroatoms. The van der Waals surface area contributed by atoms with Gasteiger partial charge in [0.05, 0.1) is 12.6 Å². The first-order chi connectivity index (χ1) is 5.84. The zero-order valence-corrected chi connectivity index (χ0v) is 6.33. The summed E-state index contributed by atoms with van der Waals surface area (Å²) in [4.78, 5) is 6.36. The zero-order valence-electron chi connectivity index (χ0n) is 6.33. The Balaban J connectivity index is 2.65. The maximum absolute atomic E-state index is 9.35. The molecule has 1 aromatic heterocycles. The van der Waals surface area contributed by atoms with Crippen LogP contribution in [0.15, 0.2) is 29.6 Å². The summed E-state index contributed by atoms with van der Waals surface area (Å²) >= 11 is 0. The third-order valence-electron chi connectivity index (χ3n) is 1.39. The first-order valence-corrected chi connectivity index (χ1v) is 3.43. The molecule has 1 rings (SSSR count). The fourth-order valence-electron chi connectivity index (χ4n) is 0.792. The second-order valence-electron chi connectivity index (χ2n) is 2.22. The van der Waals surface area contributed by atoms with Crippen molar-refractivity contribution in [3.63, 3.8) is 0 Å². The summed E-state index contributed by atoms with van der Waals surface area (Å²) in [6.45, 7) is 0.0438. The third kappa shape index (κ3) is 2.23. The van der Waals surface area contributed by atoms with Crippen molar-refractivity contribution in [2.75, 3.05) is 6.54 Å². The number of azide groups is 1. The molecule has 1 aromatic rings. The maximum Gasteiger partial charge on any atom is 0.0861 e. The van der Waals surface area contributed by atoms with Gasteiger partial charge in [-0.1, -0.05) is 11.2 Å². The van der Waals surface area contributed by atoms with E-state index in [2.05, 4.69) is 15.0 Å². The molecule has 12 heavy (non-hydrogen) atoms. The van der Waals surface area contributed by atoms with Crippen LogP contribution >= 0.6 is 0 Å². The molecule has 1 unspecified atom stereocenters. The van der Waals surface area contributed by atoms with Gasteiger partial charge in [0, 0.05) is 17.3 Å².